The van der Waals surface area contributed by atoms with Gasteiger partial charge in [0.25, 0.3) is 0 Å². The van der Waals surface area contributed by atoms with Gasteiger partial charge >= 0.3 is 0 Å². The van der Waals surface area contributed by atoms with Gasteiger partial charge in [-0.15, -0.1) is 0 Å². The number of para-hydroxylation sites is 2. The van der Waals surface area contributed by atoms with Gasteiger partial charge in [0.1, 0.15) is 6.10 Å². The summed E-state index contributed by atoms with van der Waals surface area (Å²) in [4.78, 5) is 2.23. The Labute approximate surface area is 149 Å². The summed E-state index contributed by atoms with van der Waals surface area (Å²) in [7, 11) is 3.36. The number of rotatable bonds is 7. The molecule has 5 nitrogen and oxygen atoms in total. The minimum Gasteiger partial charge on any atom is -0.493 e. The molecule has 0 radical (unpaired) electrons. The van der Waals surface area contributed by atoms with Crippen LogP contribution in [0.2, 0.25) is 0 Å². The van der Waals surface area contributed by atoms with Gasteiger partial charge in [0.05, 0.1) is 20.4 Å². The Morgan fingerprint density at radius 1 is 1.04 bits per heavy atom. The van der Waals surface area contributed by atoms with Crippen molar-refractivity contribution in [3.8, 4) is 11.5 Å². The predicted octanol–water partition coefficient (Wildman–Crippen LogP) is 3.12. The molecule has 0 bridgehead atoms. The first kappa shape index (κ1) is 17.7. The molecular weight excluding hydrogens is 318 g/mol. The van der Waals surface area contributed by atoms with E-state index in [1.54, 1.807) is 14.2 Å². The smallest absolute Gasteiger partial charge is 0.162 e. The molecule has 0 aromatic heterocycles. The molecule has 1 fully saturated rings. The molecule has 0 saturated carbocycles. The molecule has 1 aliphatic rings. The molecule has 2 aromatic carbocycles. The van der Waals surface area contributed by atoms with Gasteiger partial charge in [-0.25, -0.2) is 0 Å². The molecule has 2 aromatic rings. The van der Waals surface area contributed by atoms with E-state index >= 15 is 0 Å². The summed E-state index contributed by atoms with van der Waals surface area (Å²) in [6.07, 6.45) is -0.312. The zero-order valence-electron chi connectivity index (χ0n) is 14.8. The van der Waals surface area contributed by atoms with Crippen LogP contribution in [-0.4, -0.2) is 51.7 Å². The molecule has 3 rings (SSSR count). The van der Waals surface area contributed by atoms with Gasteiger partial charge in [0, 0.05) is 20.2 Å². The molecule has 1 saturated heterocycles. The first-order valence-corrected chi connectivity index (χ1v) is 8.49. The van der Waals surface area contributed by atoms with E-state index in [1.807, 2.05) is 42.5 Å². The van der Waals surface area contributed by atoms with Crippen molar-refractivity contribution in [1.82, 2.24) is 4.90 Å². The minimum atomic E-state index is -0.225. The minimum absolute atomic E-state index is 0.0868. The lowest BCUT2D eigenvalue weighted by Crippen LogP contribution is -2.46. The second kappa shape index (κ2) is 8.85. The number of methoxy groups -OCH3 is 2. The second-order valence-corrected chi connectivity index (χ2v) is 6.00. The Morgan fingerprint density at radius 3 is 2.48 bits per heavy atom. The third-order valence-corrected chi connectivity index (χ3v) is 4.28. The molecule has 0 spiro atoms. The second-order valence-electron chi connectivity index (χ2n) is 6.00. The van der Waals surface area contributed by atoms with Crippen molar-refractivity contribution >= 4 is 0 Å². The summed E-state index contributed by atoms with van der Waals surface area (Å²) < 4.78 is 23.1. The van der Waals surface area contributed by atoms with Crippen molar-refractivity contribution in [2.75, 3.05) is 40.6 Å². The van der Waals surface area contributed by atoms with Crippen LogP contribution in [0.5, 0.6) is 11.5 Å². The van der Waals surface area contributed by atoms with Crippen molar-refractivity contribution in [2.45, 2.75) is 12.2 Å². The van der Waals surface area contributed by atoms with Crippen molar-refractivity contribution in [3.05, 3.63) is 60.2 Å². The highest BCUT2D eigenvalue weighted by Crippen LogP contribution is 2.33. The number of morpholine rings is 1. The number of hydrogen-bond donors (Lipinski definition) is 0. The molecule has 0 N–H and O–H groups in total. The van der Waals surface area contributed by atoms with Crippen molar-refractivity contribution in [1.29, 1.82) is 0 Å². The zero-order chi connectivity index (χ0) is 17.5. The van der Waals surface area contributed by atoms with Crippen LogP contribution in [0.1, 0.15) is 11.7 Å². The van der Waals surface area contributed by atoms with Crippen LogP contribution in [-0.2, 0) is 9.47 Å². The summed E-state index contributed by atoms with van der Waals surface area (Å²) in [5.41, 5.74) is 1.08. The molecule has 134 valence electrons. The van der Waals surface area contributed by atoms with Crippen LogP contribution in [0.25, 0.3) is 0 Å². The quantitative estimate of drug-likeness (QED) is 0.772. The Balaban J connectivity index is 1.85. The molecule has 0 amide bonds. The van der Waals surface area contributed by atoms with Crippen LogP contribution >= 0.6 is 0 Å². The Hall–Kier alpha value is -2.08. The van der Waals surface area contributed by atoms with Crippen molar-refractivity contribution in [2.24, 2.45) is 0 Å². The van der Waals surface area contributed by atoms with Crippen molar-refractivity contribution < 1.29 is 18.9 Å². The van der Waals surface area contributed by atoms with E-state index in [-0.39, 0.29) is 12.2 Å². The number of hydrogen-bond acceptors (Lipinski definition) is 5. The average Bonchev–Trinajstić information content (AvgIpc) is 2.67. The lowest BCUT2D eigenvalue weighted by atomic mass is 10.0. The van der Waals surface area contributed by atoms with Gasteiger partial charge < -0.3 is 18.9 Å². The molecule has 1 heterocycles. The molecule has 1 aliphatic heterocycles. The number of nitrogens with zero attached hydrogens (tertiary/aromatic N) is 1. The third-order valence-electron chi connectivity index (χ3n) is 4.28. The maximum Gasteiger partial charge on any atom is 0.162 e. The SMILES string of the molecule is COCN1CCOC(C(Oc2ccccc2OC)c2ccccc2)C1. The highest BCUT2D eigenvalue weighted by Gasteiger charge is 2.31. The number of benzene rings is 2. The van der Waals surface area contributed by atoms with Crippen LogP contribution in [0.3, 0.4) is 0 Å². The van der Waals surface area contributed by atoms with Crippen LogP contribution in [0.15, 0.2) is 54.6 Å². The van der Waals surface area contributed by atoms with Crippen LogP contribution < -0.4 is 9.47 Å². The maximum absolute atomic E-state index is 6.37. The van der Waals surface area contributed by atoms with Gasteiger partial charge in [-0.2, -0.15) is 0 Å². The van der Waals surface area contributed by atoms with Crippen molar-refractivity contribution in [3.63, 3.8) is 0 Å². The Bertz CT molecular complexity index is 647. The van der Waals surface area contributed by atoms with E-state index < -0.39 is 0 Å². The van der Waals surface area contributed by atoms with E-state index in [4.69, 9.17) is 18.9 Å². The van der Waals surface area contributed by atoms with Crippen LogP contribution in [0.4, 0.5) is 0 Å². The summed E-state index contributed by atoms with van der Waals surface area (Å²) in [5, 5.41) is 0. The highest BCUT2D eigenvalue weighted by molar-refractivity contribution is 5.40. The van der Waals surface area contributed by atoms with E-state index in [0.29, 0.717) is 24.8 Å². The average molecular weight is 343 g/mol. The number of ether oxygens (including phenoxy) is 4. The van der Waals surface area contributed by atoms with E-state index in [0.717, 1.165) is 18.7 Å². The van der Waals surface area contributed by atoms with Gasteiger partial charge in [-0.05, 0) is 17.7 Å². The van der Waals surface area contributed by atoms with Gasteiger partial charge in [0.2, 0.25) is 0 Å². The first-order chi connectivity index (χ1) is 12.3. The van der Waals surface area contributed by atoms with E-state index in [9.17, 15) is 0 Å². The van der Waals surface area contributed by atoms with Crippen LogP contribution in [0, 0.1) is 0 Å². The molecule has 0 aliphatic carbocycles. The lowest BCUT2D eigenvalue weighted by molar-refractivity contribution is -0.102. The standard InChI is InChI=1S/C20H25NO4/c1-22-15-21-12-13-24-19(14-21)20(16-8-4-3-5-9-16)25-18-11-7-6-10-17(18)23-2/h3-11,19-20H,12-15H2,1-2H3. The molecule has 2 unspecified atom stereocenters. The van der Waals surface area contributed by atoms with Gasteiger partial charge in [0.15, 0.2) is 17.6 Å². The fourth-order valence-electron chi connectivity index (χ4n) is 3.07. The molecular formula is C20H25NO4. The Morgan fingerprint density at radius 2 is 1.76 bits per heavy atom. The highest BCUT2D eigenvalue weighted by atomic mass is 16.6. The topological polar surface area (TPSA) is 40.2 Å². The normalized spacial score (nSPS) is 19.4. The van der Waals surface area contributed by atoms with E-state index in [2.05, 4.69) is 17.0 Å². The lowest BCUT2D eigenvalue weighted by Gasteiger charge is -2.36. The fourth-order valence-corrected chi connectivity index (χ4v) is 3.07. The molecule has 5 heteroatoms. The largest absolute Gasteiger partial charge is 0.493 e. The molecule has 2 atom stereocenters. The Kier molecular flexibility index (Phi) is 6.28. The fraction of sp³-hybridized carbons (Fsp3) is 0.400. The predicted molar refractivity (Wildman–Crippen MR) is 96.0 cm³/mol. The third kappa shape index (κ3) is 4.51. The summed E-state index contributed by atoms with van der Waals surface area (Å²) in [6.45, 7) is 2.87. The summed E-state index contributed by atoms with van der Waals surface area (Å²) in [5.74, 6) is 1.43. The zero-order valence-corrected chi connectivity index (χ0v) is 14.8. The first-order valence-electron chi connectivity index (χ1n) is 8.49. The summed E-state index contributed by atoms with van der Waals surface area (Å²) in [6, 6.07) is 17.9. The summed E-state index contributed by atoms with van der Waals surface area (Å²) >= 11 is 0. The van der Waals surface area contributed by atoms with Gasteiger partial charge in [-0.1, -0.05) is 42.5 Å². The molecule has 25 heavy (non-hydrogen) atoms. The van der Waals surface area contributed by atoms with Gasteiger partial charge in [-0.3, -0.25) is 4.90 Å². The maximum atomic E-state index is 6.37. The monoisotopic (exact) mass is 343 g/mol. The van der Waals surface area contributed by atoms with E-state index in [1.165, 1.54) is 0 Å².